The zero-order valence-corrected chi connectivity index (χ0v) is 14.1. The molecule has 136 valence electrons. The van der Waals surface area contributed by atoms with Gasteiger partial charge >= 0.3 is 0 Å². The van der Waals surface area contributed by atoms with E-state index in [1.165, 1.54) is 6.07 Å². The summed E-state index contributed by atoms with van der Waals surface area (Å²) in [5.41, 5.74) is 1.54. The van der Waals surface area contributed by atoms with Crippen LogP contribution < -0.4 is 10.1 Å². The second-order valence-corrected chi connectivity index (χ2v) is 5.73. The molecule has 4 rings (SSSR count). The van der Waals surface area contributed by atoms with Crippen molar-refractivity contribution >= 4 is 11.5 Å². The molecule has 0 aliphatic rings. The topological polar surface area (TPSA) is 64.3 Å². The summed E-state index contributed by atoms with van der Waals surface area (Å²) in [6.45, 7) is 0.577. The molecule has 2 heterocycles. The number of benzene rings is 2. The molecule has 0 bridgehead atoms. The Morgan fingerprint density at radius 2 is 1.81 bits per heavy atom. The Morgan fingerprint density at radius 3 is 2.63 bits per heavy atom. The van der Waals surface area contributed by atoms with Crippen LogP contribution in [-0.2, 0) is 0 Å². The van der Waals surface area contributed by atoms with Crippen LogP contribution in [-0.4, -0.2) is 33.0 Å². The van der Waals surface area contributed by atoms with E-state index in [1.807, 2.05) is 30.3 Å². The first kappa shape index (κ1) is 16.9. The second kappa shape index (κ2) is 7.36. The lowest BCUT2D eigenvalue weighted by atomic mass is 10.2. The molecular formula is C19H15F2N5O. The van der Waals surface area contributed by atoms with Gasteiger partial charge in [0.05, 0.1) is 6.54 Å². The first-order valence-corrected chi connectivity index (χ1v) is 8.30. The summed E-state index contributed by atoms with van der Waals surface area (Å²) in [6.07, 6.45) is 0. The fraction of sp³-hybridized carbons (Fsp3) is 0.105. The van der Waals surface area contributed by atoms with Crippen LogP contribution in [0.1, 0.15) is 0 Å². The molecule has 6 nitrogen and oxygen atoms in total. The molecular weight excluding hydrogens is 352 g/mol. The molecule has 0 saturated carbocycles. The van der Waals surface area contributed by atoms with Crippen LogP contribution in [0.3, 0.4) is 0 Å². The number of anilines is 1. The molecule has 0 aliphatic carbocycles. The average Bonchev–Trinajstić information content (AvgIpc) is 3.10. The molecule has 0 spiro atoms. The fourth-order valence-electron chi connectivity index (χ4n) is 2.58. The van der Waals surface area contributed by atoms with Crippen LogP contribution in [0, 0.1) is 11.6 Å². The van der Waals surface area contributed by atoms with E-state index in [-0.39, 0.29) is 12.4 Å². The monoisotopic (exact) mass is 367 g/mol. The van der Waals surface area contributed by atoms with Gasteiger partial charge < -0.3 is 10.1 Å². The van der Waals surface area contributed by atoms with E-state index in [2.05, 4.69) is 20.6 Å². The maximum atomic E-state index is 13.5. The van der Waals surface area contributed by atoms with Crippen molar-refractivity contribution < 1.29 is 13.5 Å². The molecule has 27 heavy (non-hydrogen) atoms. The number of fused-ring (bicyclic) bond motifs is 1. The Bertz CT molecular complexity index is 1070. The molecule has 1 N–H and O–H groups in total. The van der Waals surface area contributed by atoms with Gasteiger partial charge in [0.2, 0.25) is 0 Å². The predicted molar refractivity (Wildman–Crippen MR) is 96.6 cm³/mol. The van der Waals surface area contributed by atoms with Gasteiger partial charge in [0.1, 0.15) is 18.2 Å². The third-order valence-corrected chi connectivity index (χ3v) is 3.85. The van der Waals surface area contributed by atoms with Gasteiger partial charge in [-0.1, -0.05) is 30.3 Å². The van der Waals surface area contributed by atoms with Gasteiger partial charge in [-0.25, -0.2) is 8.78 Å². The Balaban J connectivity index is 1.43. The molecule has 0 atom stereocenters. The summed E-state index contributed by atoms with van der Waals surface area (Å²) in [5, 5.41) is 15.9. The lowest BCUT2D eigenvalue weighted by molar-refractivity contribution is 0.314. The van der Waals surface area contributed by atoms with Gasteiger partial charge in [0.15, 0.2) is 23.0 Å². The molecule has 0 amide bonds. The van der Waals surface area contributed by atoms with Gasteiger partial charge in [0.25, 0.3) is 0 Å². The van der Waals surface area contributed by atoms with Gasteiger partial charge in [0, 0.05) is 11.6 Å². The molecule has 0 aliphatic heterocycles. The van der Waals surface area contributed by atoms with Gasteiger partial charge in [-0.2, -0.15) is 4.52 Å². The normalized spacial score (nSPS) is 10.9. The van der Waals surface area contributed by atoms with E-state index < -0.39 is 11.6 Å². The molecule has 0 radical (unpaired) electrons. The Kier molecular flexibility index (Phi) is 4.61. The van der Waals surface area contributed by atoms with Crippen LogP contribution in [0.25, 0.3) is 17.0 Å². The Morgan fingerprint density at radius 1 is 0.963 bits per heavy atom. The van der Waals surface area contributed by atoms with Crippen molar-refractivity contribution in [3.63, 3.8) is 0 Å². The van der Waals surface area contributed by atoms with Gasteiger partial charge in [-0.3, -0.25) is 0 Å². The molecule has 8 heteroatoms. The second-order valence-electron chi connectivity index (χ2n) is 5.73. The number of halogens is 2. The third kappa shape index (κ3) is 3.69. The number of nitrogens with zero attached hydrogens (tertiary/aromatic N) is 4. The zero-order chi connectivity index (χ0) is 18.6. The number of rotatable bonds is 6. The van der Waals surface area contributed by atoms with Crippen LogP contribution in [0.5, 0.6) is 5.75 Å². The predicted octanol–water partition coefficient (Wildman–Crippen LogP) is 3.56. The Hall–Kier alpha value is -3.55. The molecule has 0 fully saturated rings. The summed E-state index contributed by atoms with van der Waals surface area (Å²) in [6, 6.07) is 16.4. The van der Waals surface area contributed by atoms with Crippen LogP contribution in [0.15, 0.2) is 60.7 Å². The highest BCUT2D eigenvalue weighted by Crippen LogP contribution is 2.19. The van der Waals surface area contributed by atoms with Gasteiger partial charge in [-0.15, -0.1) is 15.3 Å². The van der Waals surface area contributed by atoms with Crippen molar-refractivity contribution in [3.8, 4) is 17.1 Å². The highest BCUT2D eigenvalue weighted by atomic mass is 19.1. The Labute approximate surface area is 153 Å². The largest absolute Gasteiger partial charge is 0.489 e. The van der Waals surface area contributed by atoms with E-state index in [0.29, 0.717) is 23.8 Å². The highest BCUT2D eigenvalue weighted by Gasteiger charge is 2.09. The fourth-order valence-corrected chi connectivity index (χ4v) is 2.58. The smallest absolute Gasteiger partial charge is 0.185 e. The number of aromatic nitrogens is 4. The van der Waals surface area contributed by atoms with Crippen molar-refractivity contribution in [2.75, 3.05) is 18.5 Å². The number of nitrogens with one attached hydrogen (secondary N) is 1. The van der Waals surface area contributed by atoms with Crippen molar-refractivity contribution in [2.45, 2.75) is 0 Å². The summed E-state index contributed by atoms with van der Waals surface area (Å²) in [4.78, 5) is 0. The molecule has 2 aromatic carbocycles. The molecule has 0 unspecified atom stereocenters. The van der Waals surface area contributed by atoms with E-state index in [4.69, 9.17) is 4.74 Å². The lowest BCUT2D eigenvalue weighted by Gasteiger charge is -2.09. The first-order chi connectivity index (χ1) is 13.2. The average molecular weight is 367 g/mol. The number of ether oxygens (including phenoxy) is 1. The van der Waals surface area contributed by atoms with Crippen molar-refractivity contribution in [2.24, 2.45) is 0 Å². The highest BCUT2D eigenvalue weighted by molar-refractivity contribution is 5.59. The summed E-state index contributed by atoms with van der Waals surface area (Å²) in [5.74, 6) is -0.126. The number of hydrogen-bond donors (Lipinski definition) is 1. The van der Waals surface area contributed by atoms with Crippen LogP contribution >= 0.6 is 0 Å². The maximum Gasteiger partial charge on any atom is 0.185 e. The standard InChI is InChI=1S/C19H15F2N5O/c20-14-6-7-16(15(21)12-14)27-11-10-22-17-8-9-18-23-24-19(26(18)25-17)13-4-2-1-3-5-13/h1-9,12H,10-11H2,(H,22,25). The van der Waals surface area contributed by atoms with Crippen molar-refractivity contribution in [3.05, 3.63) is 72.3 Å². The van der Waals surface area contributed by atoms with Crippen LogP contribution in [0.4, 0.5) is 14.6 Å². The third-order valence-electron chi connectivity index (χ3n) is 3.85. The zero-order valence-electron chi connectivity index (χ0n) is 14.1. The number of hydrogen-bond acceptors (Lipinski definition) is 5. The quantitative estimate of drug-likeness (QED) is 0.528. The van der Waals surface area contributed by atoms with Crippen molar-refractivity contribution in [1.82, 2.24) is 19.8 Å². The summed E-state index contributed by atoms with van der Waals surface area (Å²) >= 11 is 0. The minimum absolute atomic E-state index is 0.00628. The SMILES string of the molecule is Fc1ccc(OCCNc2ccc3nnc(-c4ccccc4)n3n2)c(F)c1. The maximum absolute atomic E-state index is 13.5. The van der Waals surface area contributed by atoms with E-state index in [1.54, 1.807) is 16.6 Å². The molecule has 0 saturated heterocycles. The van der Waals surface area contributed by atoms with Crippen LogP contribution in [0.2, 0.25) is 0 Å². The van der Waals surface area contributed by atoms with E-state index in [0.717, 1.165) is 17.7 Å². The van der Waals surface area contributed by atoms with Gasteiger partial charge in [-0.05, 0) is 24.3 Å². The lowest BCUT2D eigenvalue weighted by Crippen LogP contribution is -2.13. The first-order valence-electron chi connectivity index (χ1n) is 8.30. The summed E-state index contributed by atoms with van der Waals surface area (Å²) < 4.78 is 33.4. The molecule has 4 aromatic rings. The van der Waals surface area contributed by atoms with Crippen molar-refractivity contribution in [1.29, 1.82) is 0 Å². The molecule has 2 aromatic heterocycles. The minimum Gasteiger partial charge on any atom is -0.489 e. The van der Waals surface area contributed by atoms with E-state index in [9.17, 15) is 8.78 Å². The van der Waals surface area contributed by atoms with E-state index >= 15 is 0 Å². The summed E-state index contributed by atoms with van der Waals surface area (Å²) in [7, 11) is 0. The minimum atomic E-state index is -0.730.